The van der Waals surface area contributed by atoms with Crippen LogP contribution in [0.2, 0.25) is 0 Å². The predicted molar refractivity (Wildman–Crippen MR) is 73.4 cm³/mol. The molecule has 2 rings (SSSR count). The smallest absolute Gasteiger partial charge is 0.251 e. The van der Waals surface area contributed by atoms with Crippen molar-refractivity contribution < 1.29 is 14.3 Å². The average Bonchev–Trinajstić information content (AvgIpc) is 2.39. The van der Waals surface area contributed by atoms with Gasteiger partial charge in [-0.15, -0.1) is 0 Å². The first-order valence-corrected chi connectivity index (χ1v) is 6.37. The van der Waals surface area contributed by atoms with Crippen LogP contribution in [0.3, 0.4) is 0 Å². The van der Waals surface area contributed by atoms with Gasteiger partial charge in [0.1, 0.15) is 11.6 Å². The third-order valence-corrected chi connectivity index (χ3v) is 3.22. The van der Waals surface area contributed by atoms with Crippen molar-refractivity contribution in [1.82, 2.24) is 5.32 Å². The number of amides is 1. The van der Waals surface area contributed by atoms with Crippen LogP contribution in [-0.2, 0) is 6.54 Å². The van der Waals surface area contributed by atoms with Gasteiger partial charge in [-0.25, -0.2) is 4.39 Å². The van der Waals surface area contributed by atoms with Crippen molar-refractivity contribution in [3.63, 3.8) is 0 Å². The van der Waals surface area contributed by atoms with Crippen molar-refractivity contribution in [3.8, 4) is 5.75 Å². The molecule has 3 nitrogen and oxygen atoms in total. The average molecular weight is 324 g/mol. The van der Waals surface area contributed by atoms with Crippen LogP contribution >= 0.6 is 15.9 Å². The van der Waals surface area contributed by atoms with Crippen molar-refractivity contribution in [2.75, 3.05) is 0 Å². The normalized spacial score (nSPS) is 10.2. The van der Waals surface area contributed by atoms with Crippen molar-refractivity contribution >= 4 is 21.8 Å². The largest absolute Gasteiger partial charge is 0.507 e. The number of hydrogen-bond acceptors (Lipinski definition) is 2. The SMILES string of the molecule is O=C(NCc1cccc(F)c1)c1ccc(Br)c(O)c1. The zero-order valence-electron chi connectivity index (χ0n) is 9.86. The number of phenols is 1. The Hall–Kier alpha value is -1.88. The molecule has 19 heavy (non-hydrogen) atoms. The van der Waals surface area contributed by atoms with Crippen LogP contribution in [-0.4, -0.2) is 11.0 Å². The predicted octanol–water partition coefficient (Wildman–Crippen LogP) is 3.22. The summed E-state index contributed by atoms with van der Waals surface area (Å²) in [5, 5.41) is 12.2. The third kappa shape index (κ3) is 3.54. The standard InChI is InChI=1S/C14H11BrFNO2/c15-12-5-4-10(7-13(12)18)14(19)17-8-9-2-1-3-11(16)6-9/h1-7,18H,8H2,(H,17,19). The highest BCUT2D eigenvalue weighted by Gasteiger charge is 2.08. The van der Waals surface area contributed by atoms with Crippen molar-refractivity contribution in [1.29, 1.82) is 0 Å². The van der Waals surface area contributed by atoms with Gasteiger partial charge in [0.25, 0.3) is 5.91 Å². The molecule has 0 spiro atoms. The summed E-state index contributed by atoms with van der Waals surface area (Å²) in [6.45, 7) is 0.230. The van der Waals surface area contributed by atoms with Gasteiger partial charge in [0, 0.05) is 12.1 Å². The second-order valence-corrected chi connectivity index (χ2v) is 4.83. The van der Waals surface area contributed by atoms with Crippen LogP contribution in [0.25, 0.3) is 0 Å². The highest BCUT2D eigenvalue weighted by Crippen LogP contribution is 2.24. The minimum absolute atomic E-state index is 0.00148. The van der Waals surface area contributed by atoms with E-state index >= 15 is 0 Å². The van der Waals surface area contributed by atoms with Gasteiger partial charge in [0.05, 0.1) is 4.47 Å². The van der Waals surface area contributed by atoms with Gasteiger partial charge < -0.3 is 10.4 Å². The van der Waals surface area contributed by atoms with Crippen LogP contribution < -0.4 is 5.32 Å². The molecule has 0 bridgehead atoms. The number of nitrogens with one attached hydrogen (secondary N) is 1. The lowest BCUT2D eigenvalue weighted by atomic mass is 10.2. The Labute approximate surface area is 118 Å². The molecule has 98 valence electrons. The molecule has 0 radical (unpaired) electrons. The van der Waals surface area contributed by atoms with Crippen molar-refractivity contribution in [2.24, 2.45) is 0 Å². The summed E-state index contributed by atoms with van der Waals surface area (Å²) >= 11 is 3.14. The van der Waals surface area contributed by atoms with Crippen LogP contribution in [0.1, 0.15) is 15.9 Å². The molecule has 0 aliphatic heterocycles. The summed E-state index contributed by atoms with van der Waals surface area (Å²) < 4.78 is 13.5. The summed E-state index contributed by atoms with van der Waals surface area (Å²) in [6, 6.07) is 10.6. The van der Waals surface area contributed by atoms with Crippen molar-refractivity contribution in [3.05, 3.63) is 63.9 Å². The quantitative estimate of drug-likeness (QED) is 0.911. The molecular weight excluding hydrogens is 313 g/mol. The first-order valence-electron chi connectivity index (χ1n) is 5.57. The summed E-state index contributed by atoms with van der Waals surface area (Å²) in [5.74, 6) is -0.668. The van der Waals surface area contributed by atoms with Crippen LogP contribution in [0.15, 0.2) is 46.9 Å². The maximum atomic E-state index is 13.0. The maximum absolute atomic E-state index is 13.0. The second-order valence-electron chi connectivity index (χ2n) is 3.98. The molecule has 0 atom stereocenters. The van der Waals surface area contributed by atoms with Gasteiger partial charge in [-0.05, 0) is 51.8 Å². The van der Waals surface area contributed by atoms with E-state index in [2.05, 4.69) is 21.2 Å². The van der Waals surface area contributed by atoms with Gasteiger partial charge in [-0.3, -0.25) is 4.79 Å². The van der Waals surface area contributed by atoms with Gasteiger partial charge in [0.15, 0.2) is 0 Å². The number of carbonyl (C=O) groups is 1. The topological polar surface area (TPSA) is 49.3 Å². The molecule has 0 saturated heterocycles. The van der Waals surface area contributed by atoms with Crippen LogP contribution in [0, 0.1) is 5.82 Å². The number of halogens is 2. The van der Waals surface area contributed by atoms with Crippen LogP contribution in [0.5, 0.6) is 5.75 Å². The number of rotatable bonds is 3. The highest BCUT2D eigenvalue weighted by molar-refractivity contribution is 9.10. The van der Waals surface area contributed by atoms with E-state index in [1.165, 1.54) is 18.2 Å². The fourth-order valence-electron chi connectivity index (χ4n) is 1.59. The first kappa shape index (κ1) is 13.5. The molecule has 2 aromatic carbocycles. The maximum Gasteiger partial charge on any atom is 0.251 e. The molecule has 5 heteroatoms. The van der Waals surface area contributed by atoms with E-state index in [-0.39, 0.29) is 24.0 Å². The monoisotopic (exact) mass is 323 g/mol. The molecule has 0 aromatic heterocycles. The zero-order chi connectivity index (χ0) is 13.8. The Kier molecular flexibility index (Phi) is 4.16. The number of phenolic OH excluding ortho intramolecular Hbond substituents is 1. The first-order chi connectivity index (χ1) is 9.06. The van der Waals surface area contributed by atoms with Gasteiger partial charge in [-0.2, -0.15) is 0 Å². The Balaban J connectivity index is 2.03. The second kappa shape index (κ2) is 5.84. The minimum Gasteiger partial charge on any atom is -0.507 e. The summed E-state index contributed by atoms with van der Waals surface area (Å²) in [4.78, 5) is 11.8. The minimum atomic E-state index is -0.340. The van der Waals surface area contributed by atoms with E-state index in [0.29, 0.717) is 15.6 Å². The lowest BCUT2D eigenvalue weighted by Gasteiger charge is -2.06. The fourth-order valence-corrected chi connectivity index (χ4v) is 1.83. The Morgan fingerprint density at radius 1 is 1.26 bits per heavy atom. The summed E-state index contributed by atoms with van der Waals surface area (Å²) in [6.07, 6.45) is 0. The molecular formula is C14H11BrFNO2. The molecule has 0 fully saturated rings. The molecule has 0 unspecified atom stereocenters. The van der Waals surface area contributed by atoms with Crippen molar-refractivity contribution in [2.45, 2.75) is 6.54 Å². The van der Waals surface area contributed by atoms with Gasteiger partial charge in [-0.1, -0.05) is 12.1 Å². The fraction of sp³-hybridized carbons (Fsp3) is 0.0714. The molecule has 2 aromatic rings. The Morgan fingerprint density at radius 3 is 2.74 bits per heavy atom. The molecule has 0 saturated carbocycles. The lowest BCUT2D eigenvalue weighted by Crippen LogP contribution is -2.22. The van der Waals surface area contributed by atoms with E-state index in [0.717, 1.165) is 0 Å². The van der Waals surface area contributed by atoms with Gasteiger partial charge in [0.2, 0.25) is 0 Å². The van der Waals surface area contributed by atoms with E-state index in [9.17, 15) is 14.3 Å². The van der Waals surface area contributed by atoms with E-state index in [1.807, 2.05) is 0 Å². The van der Waals surface area contributed by atoms with Gasteiger partial charge >= 0.3 is 0 Å². The third-order valence-electron chi connectivity index (χ3n) is 2.55. The van der Waals surface area contributed by atoms with Crippen LogP contribution in [0.4, 0.5) is 4.39 Å². The summed E-state index contributed by atoms with van der Waals surface area (Å²) in [7, 11) is 0. The van der Waals surface area contributed by atoms with E-state index < -0.39 is 0 Å². The lowest BCUT2D eigenvalue weighted by molar-refractivity contribution is 0.0950. The molecule has 1 amide bonds. The molecule has 2 N–H and O–H groups in total. The Bertz CT molecular complexity index is 616. The number of hydrogen-bond donors (Lipinski definition) is 2. The number of benzene rings is 2. The Morgan fingerprint density at radius 2 is 2.05 bits per heavy atom. The highest BCUT2D eigenvalue weighted by atomic mass is 79.9. The summed E-state index contributed by atoms with van der Waals surface area (Å²) in [5.41, 5.74) is 1.02. The van der Waals surface area contributed by atoms with E-state index in [1.54, 1.807) is 24.3 Å². The molecule has 0 aliphatic rings. The van der Waals surface area contributed by atoms with E-state index in [4.69, 9.17) is 0 Å². The number of carbonyl (C=O) groups excluding carboxylic acids is 1. The zero-order valence-corrected chi connectivity index (χ0v) is 11.4. The molecule has 0 heterocycles. The number of aromatic hydroxyl groups is 1. The molecule has 0 aliphatic carbocycles.